The molecule has 0 aliphatic rings. The summed E-state index contributed by atoms with van der Waals surface area (Å²) in [6, 6.07) is 1.39. The van der Waals surface area contributed by atoms with Crippen LogP contribution in [0, 0.1) is 0 Å². The smallest absolute Gasteiger partial charge is 0.242 e. The van der Waals surface area contributed by atoms with Crippen LogP contribution >= 0.6 is 11.6 Å². The summed E-state index contributed by atoms with van der Waals surface area (Å²) in [5, 5.41) is 3.06. The Balaban J connectivity index is 2.58. The maximum atomic E-state index is 12.0. The number of nitrogens with zero attached hydrogens (tertiary/aromatic N) is 2. The van der Waals surface area contributed by atoms with E-state index in [2.05, 4.69) is 19.9 Å². The van der Waals surface area contributed by atoms with Crippen molar-refractivity contribution < 1.29 is 8.42 Å². The summed E-state index contributed by atoms with van der Waals surface area (Å²) in [7, 11) is 2.10. The molecule has 0 amide bonds. The summed E-state index contributed by atoms with van der Waals surface area (Å²) in [6.45, 7) is 1.34. The highest BCUT2D eigenvalue weighted by Crippen LogP contribution is 2.21. The molecule has 1 aromatic rings. The van der Waals surface area contributed by atoms with E-state index in [4.69, 9.17) is 11.6 Å². The number of halogens is 1. The standard InChI is InChI=1S/C12H21ClN4O2S/c1-14-12-11(13)8-10(9-15-12)20(18,19)16-6-4-5-7-17(2)3/h8-9,16H,4-7H2,1-3H3,(H,14,15). The van der Waals surface area contributed by atoms with Crippen molar-refractivity contribution in [1.82, 2.24) is 14.6 Å². The minimum Gasteiger partial charge on any atom is -0.372 e. The van der Waals surface area contributed by atoms with E-state index < -0.39 is 10.0 Å². The van der Waals surface area contributed by atoms with E-state index in [-0.39, 0.29) is 9.92 Å². The Morgan fingerprint density at radius 1 is 1.35 bits per heavy atom. The largest absolute Gasteiger partial charge is 0.372 e. The van der Waals surface area contributed by atoms with E-state index in [1.165, 1.54) is 12.3 Å². The van der Waals surface area contributed by atoms with E-state index in [0.717, 1.165) is 19.4 Å². The molecule has 0 fully saturated rings. The quantitative estimate of drug-likeness (QED) is 0.708. The Labute approximate surface area is 125 Å². The van der Waals surface area contributed by atoms with Gasteiger partial charge in [-0.05, 0) is 39.5 Å². The van der Waals surface area contributed by atoms with Crippen LogP contribution in [0.15, 0.2) is 17.2 Å². The maximum absolute atomic E-state index is 12.0. The fraction of sp³-hybridized carbons (Fsp3) is 0.583. The van der Waals surface area contributed by atoms with Crippen molar-refractivity contribution in [1.29, 1.82) is 0 Å². The van der Waals surface area contributed by atoms with E-state index in [9.17, 15) is 8.42 Å². The highest BCUT2D eigenvalue weighted by molar-refractivity contribution is 7.89. The Bertz CT molecular complexity index is 534. The van der Waals surface area contributed by atoms with Gasteiger partial charge in [-0.25, -0.2) is 18.1 Å². The van der Waals surface area contributed by atoms with E-state index in [1.54, 1.807) is 7.05 Å². The summed E-state index contributed by atoms with van der Waals surface area (Å²) in [5.74, 6) is 0.455. The van der Waals surface area contributed by atoms with Crippen molar-refractivity contribution in [3.8, 4) is 0 Å². The molecular formula is C12H21ClN4O2S. The number of rotatable bonds is 8. The molecule has 20 heavy (non-hydrogen) atoms. The van der Waals surface area contributed by atoms with Crippen LogP contribution < -0.4 is 10.0 Å². The van der Waals surface area contributed by atoms with Crippen LogP contribution in [0.2, 0.25) is 5.02 Å². The predicted molar refractivity (Wildman–Crippen MR) is 81.8 cm³/mol. The lowest BCUT2D eigenvalue weighted by Gasteiger charge is -2.10. The second-order valence-electron chi connectivity index (χ2n) is 4.66. The zero-order valence-electron chi connectivity index (χ0n) is 12.0. The number of pyridine rings is 1. The average Bonchev–Trinajstić information content (AvgIpc) is 2.37. The molecule has 1 rings (SSSR count). The number of unbranched alkanes of at least 4 members (excludes halogenated alkanes) is 1. The highest BCUT2D eigenvalue weighted by Gasteiger charge is 2.15. The van der Waals surface area contributed by atoms with Gasteiger partial charge in [-0.1, -0.05) is 11.6 Å². The van der Waals surface area contributed by atoms with Crippen LogP contribution in [0.25, 0.3) is 0 Å². The minimum atomic E-state index is -3.55. The van der Waals surface area contributed by atoms with Crippen molar-refractivity contribution in [3.05, 3.63) is 17.3 Å². The molecule has 8 heteroatoms. The predicted octanol–water partition coefficient (Wildman–Crippen LogP) is 1.40. The number of hydrogen-bond donors (Lipinski definition) is 2. The zero-order chi connectivity index (χ0) is 15.2. The maximum Gasteiger partial charge on any atom is 0.242 e. The van der Waals surface area contributed by atoms with Crippen LogP contribution in [0.1, 0.15) is 12.8 Å². The van der Waals surface area contributed by atoms with Crippen LogP contribution in [-0.2, 0) is 10.0 Å². The molecule has 0 atom stereocenters. The van der Waals surface area contributed by atoms with Gasteiger partial charge in [0, 0.05) is 19.8 Å². The number of hydrogen-bond acceptors (Lipinski definition) is 5. The summed E-state index contributed by atoms with van der Waals surface area (Å²) in [4.78, 5) is 6.10. The van der Waals surface area contributed by atoms with Gasteiger partial charge in [-0.15, -0.1) is 0 Å². The first-order valence-electron chi connectivity index (χ1n) is 6.34. The van der Waals surface area contributed by atoms with E-state index in [1.807, 2.05) is 14.1 Å². The molecule has 0 bridgehead atoms. The van der Waals surface area contributed by atoms with Crippen molar-refractivity contribution >= 4 is 27.4 Å². The lowest BCUT2D eigenvalue weighted by Crippen LogP contribution is -2.25. The average molecular weight is 321 g/mol. The normalized spacial score (nSPS) is 11.8. The molecule has 0 aliphatic heterocycles. The summed E-state index contributed by atoms with van der Waals surface area (Å²) < 4.78 is 26.6. The van der Waals surface area contributed by atoms with Gasteiger partial charge in [-0.3, -0.25) is 0 Å². The Hall–Kier alpha value is -0.890. The highest BCUT2D eigenvalue weighted by atomic mass is 35.5. The first kappa shape index (κ1) is 17.2. The number of anilines is 1. The topological polar surface area (TPSA) is 74.3 Å². The fourth-order valence-corrected chi connectivity index (χ4v) is 2.96. The molecule has 0 saturated carbocycles. The molecule has 1 aromatic heterocycles. The lowest BCUT2D eigenvalue weighted by molar-refractivity contribution is 0.394. The molecule has 0 aliphatic carbocycles. The Morgan fingerprint density at radius 2 is 2.05 bits per heavy atom. The monoisotopic (exact) mass is 320 g/mol. The lowest BCUT2D eigenvalue weighted by atomic mass is 10.3. The van der Waals surface area contributed by atoms with E-state index in [0.29, 0.717) is 12.4 Å². The number of nitrogens with one attached hydrogen (secondary N) is 2. The van der Waals surface area contributed by atoms with Gasteiger partial charge < -0.3 is 10.2 Å². The first-order valence-corrected chi connectivity index (χ1v) is 8.20. The molecule has 2 N–H and O–H groups in total. The third-order valence-corrected chi connectivity index (χ3v) is 4.40. The van der Waals surface area contributed by atoms with Crippen molar-refractivity contribution in [2.24, 2.45) is 0 Å². The second kappa shape index (κ2) is 7.78. The van der Waals surface area contributed by atoms with Crippen LogP contribution in [-0.4, -0.2) is 52.5 Å². The van der Waals surface area contributed by atoms with Gasteiger partial charge in [-0.2, -0.15) is 0 Å². The molecule has 0 spiro atoms. The fourth-order valence-electron chi connectivity index (χ4n) is 1.59. The van der Waals surface area contributed by atoms with Gasteiger partial charge in [0.05, 0.1) is 5.02 Å². The van der Waals surface area contributed by atoms with Gasteiger partial charge in [0.25, 0.3) is 0 Å². The number of aromatic nitrogens is 1. The van der Waals surface area contributed by atoms with Gasteiger partial charge in [0.15, 0.2) is 0 Å². The summed E-state index contributed by atoms with van der Waals surface area (Å²) in [5.41, 5.74) is 0. The van der Waals surface area contributed by atoms with Crippen molar-refractivity contribution in [3.63, 3.8) is 0 Å². The minimum absolute atomic E-state index is 0.0779. The second-order valence-corrected chi connectivity index (χ2v) is 6.83. The first-order chi connectivity index (χ1) is 9.36. The SMILES string of the molecule is CNc1ncc(S(=O)(=O)NCCCCN(C)C)cc1Cl. The third kappa shape index (κ3) is 5.24. The molecule has 114 valence electrons. The van der Waals surface area contributed by atoms with Crippen LogP contribution in [0.4, 0.5) is 5.82 Å². The molecule has 6 nitrogen and oxygen atoms in total. The van der Waals surface area contributed by atoms with Gasteiger partial charge in [0.2, 0.25) is 10.0 Å². The molecule has 1 heterocycles. The summed E-state index contributed by atoms with van der Waals surface area (Å²) >= 11 is 5.93. The third-order valence-electron chi connectivity index (χ3n) is 2.69. The van der Waals surface area contributed by atoms with Gasteiger partial charge >= 0.3 is 0 Å². The Morgan fingerprint density at radius 3 is 2.60 bits per heavy atom. The number of sulfonamides is 1. The van der Waals surface area contributed by atoms with E-state index >= 15 is 0 Å². The Kier molecular flexibility index (Phi) is 6.67. The zero-order valence-corrected chi connectivity index (χ0v) is 13.6. The van der Waals surface area contributed by atoms with Gasteiger partial charge in [0.1, 0.15) is 10.7 Å². The molecule has 0 unspecified atom stereocenters. The molecule has 0 aromatic carbocycles. The van der Waals surface area contributed by atoms with Crippen molar-refractivity contribution in [2.45, 2.75) is 17.7 Å². The van der Waals surface area contributed by atoms with Crippen LogP contribution in [0.3, 0.4) is 0 Å². The molecule has 0 saturated heterocycles. The summed E-state index contributed by atoms with van der Waals surface area (Å²) in [6.07, 6.45) is 3.01. The van der Waals surface area contributed by atoms with Crippen LogP contribution in [0.5, 0.6) is 0 Å². The molecule has 0 radical (unpaired) electrons. The van der Waals surface area contributed by atoms with Crippen molar-refractivity contribution in [2.75, 3.05) is 39.5 Å². The molecular weight excluding hydrogens is 300 g/mol.